The van der Waals surface area contributed by atoms with Crippen molar-refractivity contribution < 1.29 is 9.21 Å². The number of hydrogen-bond acceptors (Lipinski definition) is 3. The molecule has 0 aliphatic rings. The number of nitrogens with zero attached hydrogens (tertiary/aromatic N) is 1. The molecule has 3 rings (SSSR count). The highest BCUT2D eigenvalue weighted by Crippen LogP contribution is 2.29. The van der Waals surface area contributed by atoms with Crippen LogP contribution in [0.15, 0.2) is 41.1 Å². The molecular formula is C12H7NO2. The van der Waals surface area contributed by atoms with Gasteiger partial charge < -0.3 is 4.42 Å². The highest BCUT2D eigenvalue weighted by atomic mass is 16.3. The van der Waals surface area contributed by atoms with Crippen LogP contribution >= 0.6 is 0 Å². The van der Waals surface area contributed by atoms with Crippen molar-refractivity contribution in [2.24, 2.45) is 0 Å². The average Bonchev–Trinajstić information content (AvgIpc) is 2.67. The van der Waals surface area contributed by atoms with Crippen molar-refractivity contribution in [2.75, 3.05) is 0 Å². The van der Waals surface area contributed by atoms with E-state index in [2.05, 4.69) is 4.98 Å². The third-order valence-electron chi connectivity index (χ3n) is 2.44. The van der Waals surface area contributed by atoms with E-state index in [1.165, 1.54) is 0 Å². The number of benzene rings is 1. The molecular weight excluding hydrogens is 190 g/mol. The number of furan rings is 1. The van der Waals surface area contributed by atoms with Crippen LogP contribution in [0.25, 0.3) is 21.9 Å². The quantitative estimate of drug-likeness (QED) is 0.563. The van der Waals surface area contributed by atoms with Gasteiger partial charge in [-0.2, -0.15) is 0 Å². The van der Waals surface area contributed by atoms with E-state index in [0.717, 1.165) is 22.6 Å². The molecule has 0 saturated carbocycles. The first-order valence-electron chi connectivity index (χ1n) is 4.60. The lowest BCUT2D eigenvalue weighted by Crippen LogP contribution is -1.82. The zero-order valence-corrected chi connectivity index (χ0v) is 7.81. The summed E-state index contributed by atoms with van der Waals surface area (Å²) < 4.78 is 5.57. The number of carbonyl (C=O) groups is 1. The highest BCUT2D eigenvalue weighted by Gasteiger charge is 2.09. The van der Waals surface area contributed by atoms with Crippen LogP contribution in [0.3, 0.4) is 0 Å². The number of hydrogen-bond donors (Lipinski definition) is 0. The second-order valence-corrected chi connectivity index (χ2v) is 3.32. The lowest BCUT2D eigenvalue weighted by atomic mass is 10.1. The number of carbonyl (C=O) groups excluding carboxylic acids is 1. The smallest absolute Gasteiger partial charge is 0.154 e. The van der Waals surface area contributed by atoms with Gasteiger partial charge in [0.05, 0.1) is 6.20 Å². The Morgan fingerprint density at radius 2 is 2.00 bits per heavy atom. The number of aldehydes is 1. The molecule has 0 amide bonds. The fourth-order valence-electron chi connectivity index (χ4n) is 1.79. The molecule has 3 nitrogen and oxygen atoms in total. The molecule has 72 valence electrons. The van der Waals surface area contributed by atoms with Gasteiger partial charge in [-0.25, -0.2) is 0 Å². The van der Waals surface area contributed by atoms with Crippen molar-refractivity contribution in [3.63, 3.8) is 0 Å². The van der Waals surface area contributed by atoms with Crippen LogP contribution in [0.2, 0.25) is 0 Å². The van der Waals surface area contributed by atoms with Crippen molar-refractivity contribution in [3.8, 4) is 0 Å². The third kappa shape index (κ3) is 1.06. The molecule has 15 heavy (non-hydrogen) atoms. The van der Waals surface area contributed by atoms with Gasteiger partial charge in [0, 0.05) is 22.5 Å². The van der Waals surface area contributed by atoms with Crippen molar-refractivity contribution in [1.29, 1.82) is 0 Å². The predicted octanol–water partition coefficient (Wildman–Crippen LogP) is 2.79. The van der Waals surface area contributed by atoms with Crippen molar-refractivity contribution >= 4 is 28.2 Å². The molecule has 3 aromatic rings. The summed E-state index contributed by atoms with van der Waals surface area (Å²) in [5.74, 6) is 0. The molecule has 0 saturated heterocycles. The van der Waals surface area contributed by atoms with Gasteiger partial charge in [0.1, 0.15) is 5.58 Å². The van der Waals surface area contributed by atoms with E-state index in [9.17, 15) is 4.79 Å². The van der Waals surface area contributed by atoms with Crippen LogP contribution in [0.4, 0.5) is 0 Å². The largest absolute Gasteiger partial charge is 0.454 e. The Hall–Kier alpha value is -2.16. The molecule has 3 heteroatoms. The number of pyridine rings is 1. The zero-order valence-electron chi connectivity index (χ0n) is 7.81. The zero-order chi connectivity index (χ0) is 10.3. The van der Waals surface area contributed by atoms with Crippen LogP contribution in [-0.4, -0.2) is 11.3 Å². The molecule has 0 atom stereocenters. The summed E-state index contributed by atoms with van der Waals surface area (Å²) >= 11 is 0. The first-order chi connectivity index (χ1) is 7.40. The first kappa shape index (κ1) is 8.17. The number of fused-ring (bicyclic) bond motifs is 3. The third-order valence-corrected chi connectivity index (χ3v) is 2.44. The Labute approximate surface area is 85.3 Å². The van der Waals surface area contributed by atoms with E-state index in [-0.39, 0.29) is 0 Å². The standard InChI is InChI=1S/C12H7NO2/c14-7-8-5-13-6-11-12(8)9-3-1-2-4-10(9)15-11/h1-7H. The molecule has 0 aliphatic carbocycles. The topological polar surface area (TPSA) is 43.1 Å². The van der Waals surface area contributed by atoms with E-state index in [1.807, 2.05) is 24.3 Å². The Morgan fingerprint density at radius 1 is 1.13 bits per heavy atom. The summed E-state index contributed by atoms with van der Waals surface area (Å²) in [6.45, 7) is 0. The van der Waals surface area contributed by atoms with Crippen molar-refractivity contribution in [1.82, 2.24) is 4.98 Å². The number of aromatic nitrogens is 1. The van der Waals surface area contributed by atoms with Gasteiger partial charge in [0.2, 0.25) is 0 Å². The first-order valence-corrected chi connectivity index (χ1v) is 4.60. The second kappa shape index (κ2) is 2.92. The monoisotopic (exact) mass is 197 g/mol. The molecule has 0 unspecified atom stereocenters. The minimum absolute atomic E-state index is 0.567. The fourth-order valence-corrected chi connectivity index (χ4v) is 1.79. The molecule has 0 N–H and O–H groups in total. The molecule has 0 aliphatic heterocycles. The number of rotatable bonds is 1. The SMILES string of the molecule is O=Cc1cncc2oc3ccccc3c12. The lowest BCUT2D eigenvalue weighted by molar-refractivity contribution is 0.112. The predicted molar refractivity (Wildman–Crippen MR) is 56.9 cm³/mol. The molecule has 2 heterocycles. The summed E-state index contributed by atoms with van der Waals surface area (Å²) in [4.78, 5) is 14.8. The molecule has 0 fully saturated rings. The fraction of sp³-hybridized carbons (Fsp3) is 0. The summed E-state index contributed by atoms with van der Waals surface area (Å²) in [5, 5.41) is 1.80. The van der Waals surface area contributed by atoms with E-state index in [4.69, 9.17) is 4.42 Å². The Bertz CT molecular complexity index is 655. The van der Waals surface area contributed by atoms with Crippen molar-refractivity contribution in [2.45, 2.75) is 0 Å². The second-order valence-electron chi connectivity index (χ2n) is 3.32. The molecule has 0 bridgehead atoms. The summed E-state index contributed by atoms with van der Waals surface area (Å²) in [5.41, 5.74) is 2.00. The minimum Gasteiger partial charge on any atom is -0.454 e. The van der Waals surface area contributed by atoms with Crippen LogP contribution in [-0.2, 0) is 0 Å². The van der Waals surface area contributed by atoms with Gasteiger partial charge in [0.25, 0.3) is 0 Å². The van der Waals surface area contributed by atoms with Gasteiger partial charge in [0.15, 0.2) is 11.9 Å². The van der Waals surface area contributed by atoms with E-state index in [0.29, 0.717) is 11.1 Å². The number of para-hydroxylation sites is 1. The van der Waals surface area contributed by atoms with Crippen LogP contribution in [0.5, 0.6) is 0 Å². The van der Waals surface area contributed by atoms with Gasteiger partial charge in [-0.3, -0.25) is 9.78 Å². The van der Waals surface area contributed by atoms with E-state index < -0.39 is 0 Å². The minimum atomic E-state index is 0.567. The molecule has 0 spiro atoms. The maximum Gasteiger partial charge on any atom is 0.154 e. The highest BCUT2D eigenvalue weighted by molar-refractivity contribution is 6.11. The lowest BCUT2D eigenvalue weighted by Gasteiger charge is -1.91. The van der Waals surface area contributed by atoms with Gasteiger partial charge in [-0.15, -0.1) is 0 Å². The summed E-state index contributed by atoms with van der Waals surface area (Å²) in [6, 6.07) is 7.64. The van der Waals surface area contributed by atoms with Crippen LogP contribution in [0.1, 0.15) is 10.4 Å². The van der Waals surface area contributed by atoms with E-state index >= 15 is 0 Å². The van der Waals surface area contributed by atoms with Gasteiger partial charge in [-0.1, -0.05) is 18.2 Å². The maximum atomic E-state index is 10.9. The van der Waals surface area contributed by atoms with Crippen LogP contribution < -0.4 is 0 Å². The average molecular weight is 197 g/mol. The van der Waals surface area contributed by atoms with Crippen molar-refractivity contribution in [3.05, 3.63) is 42.2 Å². The summed E-state index contributed by atoms with van der Waals surface area (Å²) in [6.07, 6.45) is 3.98. The Balaban J connectivity index is 2.62. The van der Waals surface area contributed by atoms with E-state index in [1.54, 1.807) is 12.4 Å². The molecule has 2 aromatic heterocycles. The van der Waals surface area contributed by atoms with Gasteiger partial charge >= 0.3 is 0 Å². The Morgan fingerprint density at radius 3 is 2.87 bits per heavy atom. The maximum absolute atomic E-state index is 10.9. The molecule has 1 aromatic carbocycles. The van der Waals surface area contributed by atoms with Crippen LogP contribution in [0, 0.1) is 0 Å². The normalized spacial score (nSPS) is 10.9. The molecule has 0 radical (unpaired) electrons. The Kier molecular flexibility index (Phi) is 1.59. The summed E-state index contributed by atoms with van der Waals surface area (Å²) in [7, 11) is 0. The van der Waals surface area contributed by atoms with Gasteiger partial charge in [-0.05, 0) is 6.07 Å².